The normalized spacial score (nSPS) is 21.3. The van der Waals surface area contributed by atoms with Crippen molar-refractivity contribution in [2.45, 2.75) is 38.5 Å². The number of amidine groups is 1. The van der Waals surface area contributed by atoms with Crippen LogP contribution in [0.25, 0.3) is 0 Å². The average molecular weight is 264 g/mol. The summed E-state index contributed by atoms with van der Waals surface area (Å²) in [6.45, 7) is 4.50. The van der Waals surface area contributed by atoms with Crippen LogP contribution in [0.5, 0.6) is 0 Å². The maximum absolute atomic E-state index is 7.69. The van der Waals surface area contributed by atoms with E-state index >= 15 is 0 Å². The number of hydrogen-bond acceptors (Lipinski definition) is 4. The Hall–Kier alpha value is -1.10. The van der Waals surface area contributed by atoms with E-state index in [2.05, 4.69) is 11.8 Å². The summed E-state index contributed by atoms with van der Waals surface area (Å²) in [5, 5.41) is 8.76. The molecule has 0 radical (unpaired) electrons. The fourth-order valence-electron chi connectivity index (χ4n) is 2.48. The van der Waals surface area contributed by atoms with Crippen LogP contribution >= 0.6 is 11.3 Å². The van der Waals surface area contributed by atoms with E-state index in [0.717, 1.165) is 34.7 Å². The lowest BCUT2D eigenvalue weighted by Crippen LogP contribution is -2.32. The first-order valence-electron chi connectivity index (χ1n) is 6.75. The fourth-order valence-corrected chi connectivity index (χ4v) is 3.55. The minimum absolute atomic E-state index is 0.186. The van der Waals surface area contributed by atoms with Crippen LogP contribution in [-0.2, 0) is 0 Å². The predicted molar refractivity (Wildman–Crippen MR) is 75.7 cm³/mol. The van der Waals surface area contributed by atoms with Crippen LogP contribution in [0.15, 0.2) is 0 Å². The van der Waals surface area contributed by atoms with Crippen LogP contribution in [0.2, 0.25) is 0 Å². The zero-order chi connectivity index (χ0) is 12.7. The Labute approximate surface area is 112 Å². The van der Waals surface area contributed by atoms with E-state index in [1.165, 1.54) is 25.7 Å². The van der Waals surface area contributed by atoms with Crippen molar-refractivity contribution in [3.05, 3.63) is 10.6 Å². The van der Waals surface area contributed by atoms with Gasteiger partial charge in [-0.25, -0.2) is 4.98 Å². The van der Waals surface area contributed by atoms with E-state index in [-0.39, 0.29) is 5.84 Å². The SMILES string of the molecule is CC1CCN(c2nc(C3CC3)c(C(=N)N)s2)CC1. The quantitative estimate of drug-likeness (QED) is 0.651. The topological polar surface area (TPSA) is 66.0 Å². The summed E-state index contributed by atoms with van der Waals surface area (Å²) in [5.41, 5.74) is 6.76. The van der Waals surface area contributed by atoms with Gasteiger partial charge in [0.15, 0.2) is 5.13 Å². The minimum Gasteiger partial charge on any atom is -0.383 e. The van der Waals surface area contributed by atoms with Gasteiger partial charge in [-0.05, 0) is 31.6 Å². The summed E-state index contributed by atoms with van der Waals surface area (Å²) in [6.07, 6.45) is 4.91. The van der Waals surface area contributed by atoms with Gasteiger partial charge in [-0.1, -0.05) is 18.3 Å². The van der Waals surface area contributed by atoms with Crippen LogP contribution < -0.4 is 10.6 Å². The molecule has 4 nitrogen and oxygen atoms in total. The van der Waals surface area contributed by atoms with E-state index in [0.29, 0.717) is 5.92 Å². The van der Waals surface area contributed by atoms with Crippen molar-refractivity contribution >= 4 is 22.3 Å². The highest BCUT2D eigenvalue weighted by Gasteiger charge is 2.31. The molecule has 0 atom stereocenters. The molecule has 1 aromatic heterocycles. The van der Waals surface area contributed by atoms with Crippen molar-refractivity contribution in [1.82, 2.24) is 4.98 Å². The summed E-state index contributed by atoms with van der Waals surface area (Å²) < 4.78 is 0. The van der Waals surface area contributed by atoms with Crippen molar-refractivity contribution in [3.63, 3.8) is 0 Å². The second-order valence-electron chi connectivity index (χ2n) is 5.57. The Morgan fingerprint density at radius 2 is 2.00 bits per heavy atom. The predicted octanol–water partition coefficient (Wildman–Crippen LogP) is 2.54. The Morgan fingerprint density at radius 3 is 2.56 bits per heavy atom. The first-order valence-corrected chi connectivity index (χ1v) is 7.57. The highest BCUT2D eigenvalue weighted by atomic mass is 32.1. The van der Waals surface area contributed by atoms with Crippen LogP contribution in [0.4, 0.5) is 5.13 Å². The highest BCUT2D eigenvalue weighted by Crippen LogP contribution is 2.44. The van der Waals surface area contributed by atoms with Gasteiger partial charge in [0.2, 0.25) is 0 Å². The molecule has 3 rings (SSSR count). The first kappa shape index (κ1) is 12.0. The van der Waals surface area contributed by atoms with Gasteiger partial charge in [-0.2, -0.15) is 0 Å². The van der Waals surface area contributed by atoms with Gasteiger partial charge in [0.05, 0.1) is 10.6 Å². The maximum Gasteiger partial charge on any atom is 0.186 e. The number of hydrogen-bond donors (Lipinski definition) is 2. The molecule has 2 aliphatic rings. The number of nitrogens with one attached hydrogen (secondary N) is 1. The van der Waals surface area contributed by atoms with Crippen molar-refractivity contribution in [1.29, 1.82) is 5.41 Å². The monoisotopic (exact) mass is 264 g/mol. The summed E-state index contributed by atoms with van der Waals surface area (Å²) in [6, 6.07) is 0. The summed E-state index contributed by atoms with van der Waals surface area (Å²) >= 11 is 1.61. The lowest BCUT2D eigenvalue weighted by molar-refractivity contribution is 0.438. The summed E-state index contributed by atoms with van der Waals surface area (Å²) in [7, 11) is 0. The van der Waals surface area contributed by atoms with Crippen molar-refractivity contribution in [2.75, 3.05) is 18.0 Å². The second kappa shape index (κ2) is 4.53. The second-order valence-corrected chi connectivity index (χ2v) is 6.55. The van der Waals surface area contributed by atoms with E-state index in [4.69, 9.17) is 16.1 Å². The van der Waals surface area contributed by atoms with Gasteiger partial charge < -0.3 is 10.6 Å². The third-order valence-electron chi connectivity index (χ3n) is 3.90. The Kier molecular flexibility index (Phi) is 3.01. The van der Waals surface area contributed by atoms with Gasteiger partial charge in [0.25, 0.3) is 0 Å². The molecule has 1 aromatic rings. The minimum atomic E-state index is 0.186. The molecule has 2 fully saturated rings. The number of nitrogen functional groups attached to an aromatic ring is 1. The van der Waals surface area contributed by atoms with E-state index in [1.807, 2.05) is 0 Å². The third kappa shape index (κ3) is 2.23. The zero-order valence-corrected chi connectivity index (χ0v) is 11.6. The standard InChI is InChI=1S/C13H20N4S/c1-8-4-6-17(7-5-8)13-16-10(9-2-3-9)11(18-13)12(14)15/h8-9H,2-7H2,1H3,(H3,14,15). The van der Waals surface area contributed by atoms with E-state index in [9.17, 15) is 0 Å². The number of piperidine rings is 1. The number of thiazole rings is 1. The molecule has 0 amide bonds. The van der Waals surface area contributed by atoms with Crippen molar-refractivity contribution in [3.8, 4) is 0 Å². The van der Waals surface area contributed by atoms with Gasteiger partial charge in [-0.15, -0.1) is 0 Å². The maximum atomic E-state index is 7.69. The Balaban J connectivity index is 1.84. The molecule has 0 unspecified atom stereocenters. The van der Waals surface area contributed by atoms with Gasteiger partial charge in [0, 0.05) is 19.0 Å². The number of rotatable bonds is 3. The molecule has 18 heavy (non-hydrogen) atoms. The number of aromatic nitrogens is 1. The lowest BCUT2D eigenvalue weighted by Gasteiger charge is -2.29. The fraction of sp³-hybridized carbons (Fsp3) is 0.692. The molecule has 2 heterocycles. The lowest BCUT2D eigenvalue weighted by atomic mass is 10.00. The van der Waals surface area contributed by atoms with Gasteiger partial charge in [-0.3, -0.25) is 5.41 Å². The average Bonchev–Trinajstić information content (AvgIpc) is 3.09. The van der Waals surface area contributed by atoms with Crippen molar-refractivity contribution < 1.29 is 0 Å². The molecule has 5 heteroatoms. The summed E-state index contributed by atoms with van der Waals surface area (Å²) in [5.74, 6) is 1.58. The molecule has 1 saturated carbocycles. The number of anilines is 1. The number of nitrogens with zero attached hydrogens (tertiary/aromatic N) is 2. The van der Waals surface area contributed by atoms with Crippen molar-refractivity contribution in [2.24, 2.45) is 11.7 Å². The molecule has 1 saturated heterocycles. The van der Waals surface area contributed by atoms with Crippen LogP contribution in [0.1, 0.15) is 49.1 Å². The van der Waals surface area contributed by atoms with Gasteiger partial charge in [0.1, 0.15) is 5.84 Å². The summed E-state index contributed by atoms with van der Waals surface area (Å²) in [4.78, 5) is 8.04. The van der Waals surface area contributed by atoms with E-state index < -0.39 is 0 Å². The first-order chi connectivity index (χ1) is 8.65. The number of nitrogens with two attached hydrogens (primary N) is 1. The van der Waals surface area contributed by atoms with Gasteiger partial charge >= 0.3 is 0 Å². The molecular formula is C13H20N4S. The third-order valence-corrected chi connectivity index (χ3v) is 5.07. The van der Waals surface area contributed by atoms with Crippen LogP contribution in [0.3, 0.4) is 0 Å². The molecule has 1 aliphatic carbocycles. The van der Waals surface area contributed by atoms with E-state index in [1.54, 1.807) is 11.3 Å². The molecule has 98 valence electrons. The Morgan fingerprint density at radius 1 is 1.33 bits per heavy atom. The van der Waals surface area contributed by atoms with Crippen LogP contribution in [0, 0.1) is 11.3 Å². The molecular weight excluding hydrogens is 244 g/mol. The molecule has 1 aliphatic heterocycles. The zero-order valence-electron chi connectivity index (χ0n) is 10.8. The molecule has 0 aromatic carbocycles. The highest BCUT2D eigenvalue weighted by molar-refractivity contribution is 7.17. The smallest absolute Gasteiger partial charge is 0.186 e. The Bertz CT molecular complexity index is 456. The molecule has 3 N–H and O–H groups in total. The molecule has 0 spiro atoms. The largest absolute Gasteiger partial charge is 0.383 e. The molecule has 0 bridgehead atoms. The van der Waals surface area contributed by atoms with Crippen LogP contribution in [-0.4, -0.2) is 23.9 Å².